The van der Waals surface area contributed by atoms with Gasteiger partial charge in [-0.25, -0.2) is 8.42 Å². The van der Waals surface area contributed by atoms with Crippen LogP contribution in [0.15, 0.2) is 27.6 Å². The van der Waals surface area contributed by atoms with E-state index in [4.69, 9.17) is 4.52 Å². The van der Waals surface area contributed by atoms with Gasteiger partial charge in [-0.15, -0.1) is 0 Å². The maximum absolute atomic E-state index is 13.1. The first-order chi connectivity index (χ1) is 15.2. The van der Waals surface area contributed by atoms with Crippen LogP contribution in [0.2, 0.25) is 0 Å². The van der Waals surface area contributed by atoms with E-state index in [0.29, 0.717) is 42.6 Å². The quantitative estimate of drug-likeness (QED) is 0.678. The molecule has 1 saturated heterocycles. The summed E-state index contributed by atoms with van der Waals surface area (Å²) in [6.07, 6.45) is 3.14. The third-order valence-corrected chi connectivity index (χ3v) is 8.46. The van der Waals surface area contributed by atoms with E-state index in [2.05, 4.69) is 15.5 Å². The van der Waals surface area contributed by atoms with Crippen molar-refractivity contribution in [1.82, 2.24) is 19.8 Å². The monoisotopic (exact) mass is 460 g/mol. The van der Waals surface area contributed by atoms with Gasteiger partial charge in [-0.3, -0.25) is 4.79 Å². The fraction of sp³-hybridized carbons (Fsp3) is 0.609. The Hall–Kier alpha value is -2.26. The highest BCUT2D eigenvalue weighted by molar-refractivity contribution is 7.89. The second kappa shape index (κ2) is 8.94. The van der Waals surface area contributed by atoms with E-state index in [-0.39, 0.29) is 23.8 Å². The van der Waals surface area contributed by atoms with Gasteiger partial charge >= 0.3 is 0 Å². The van der Waals surface area contributed by atoms with Crippen LogP contribution in [0.3, 0.4) is 0 Å². The largest absolute Gasteiger partial charge is 0.344 e. The molecule has 1 unspecified atom stereocenters. The van der Waals surface area contributed by atoms with Crippen LogP contribution < -0.4 is 5.32 Å². The summed E-state index contributed by atoms with van der Waals surface area (Å²) in [4.78, 5) is 17.8. The van der Waals surface area contributed by atoms with Crippen molar-refractivity contribution in [3.05, 3.63) is 41.0 Å². The first kappa shape index (κ1) is 22.9. The van der Waals surface area contributed by atoms with Crippen LogP contribution in [0.5, 0.6) is 0 Å². The molecule has 2 aromatic rings. The number of benzene rings is 1. The van der Waals surface area contributed by atoms with Gasteiger partial charge < -0.3 is 9.84 Å². The van der Waals surface area contributed by atoms with Crippen LogP contribution >= 0.6 is 0 Å². The summed E-state index contributed by atoms with van der Waals surface area (Å²) in [6.45, 7) is 8.42. The summed E-state index contributed by atoms with van der Waals surface area (Å²) in [5, 5.41) is 7.14. The van der Waals surface area contributed by atoms with E-state index in [9.17, 15) is 13.2 Å². The molecule has 1 N–H and O–H groups in total. The van der Waals surface area contributed by atoms with Gasteiger partial charge in [0.05, 0.1) is 4.90 Å². The lowest BCUT2D eigenvalue weighted by Gasteiger charge is -2.32. The molecule has 2 heterocycles. The first-order valence-corrected chi connectivity index (χ1v) is 12.8. The van der Waals surface area contributed by atoms with Crippen molar-refractivity contribution in [2.45, 2.75) is 70.2 Å². The minimum absolute atomic E-state index is 0.0848. The number of hydrogen-bond acceptors (Lipinski definition) is 6. The van der Waals surface area contributed by atoms with Gasteiger partial charge in [0.2, 0.25) is 21.8 Å². The number of piperidine rings is 1. The Morgan fingerprint density at radius 3 is 2.44 bits per heavy atom. The molecule has 1 amide bonds. The second-order valence-corrected chi connectivity index (χ2v) is 11.3. The minimum atomic E-state index is -3.57. The second-order valence-electron chi connectivity index (χ2n) is 9.44. The van der Waals surface area contributed by atoms with E-state index < -0.39 is 10.0 Å². The number of rotatable bonds is 7. The van der Waals surface area contributed by atoms with E-state index >= 15 is 0 Å². The van der Waals surface area contributed by atoms with Gasteiger partial charge in [0, 0.05) is 24.9 Å². The Balaban J connectivity index is 1.39. The fourth-order valence-corrected chi connectivity index (χ4v) is 5.93. The number of sulfonamides is 1. The lowest BCUT2D eigenvalue weighted by Crippen LogP contribution is -2.44. The smallest absolute Gasteiger partial charge is 0.249 e. The summed E-state index contributed by atoms with van der Waals surface area (Å²) in [7, 11) is -3.57. The predicted molar refractivity (Wildman–Crippen MR) is 119 cm³/mol. The highest BCUT2D eigenvalue weighted by Crippen LogP contribution is 2.39. The Morgan fingerprint density at radius 1 is 1.16 bits per heavy atom. The van der Waals surface area contributed by atoms with Gasteiger partial charge in [-0.05, 0) is 57.1 Å². The van der Waals surface area contributed by atoms with Crippen molar-refractivity contribution in [3.8, 4) is 0 Å². The first-order valence-electron chi connectivity index (χ1n) is 11.4. The van der Waals surface area contributed by atoms with Crippen molar-refractivity contribution in [2.75, 3.05) is 13.1 Å². The highest BCUT2D eigenvalue weighted by atomic mass is 32.2. The SMILES string of the molecule is Cc1ccc(S(=O)(=O)N2CCC(C(=O)NC(c3nc(C4CC4)no3)C(C)C)CC2)c(C)c1. The topological polar surface area (TPSA) is 105 Å². The zero-order chi connectivity index (χ0) is 23.0. The number of aryl methyl sites for hydroxylation is 2. The molecular formula is C23H32N4O4S. The maximum atomic E-state index is 13.1. The molecule has 9 heteroatoms. The summed E-state index contributed by atoms with van der Waals surface area (Å²) < 4.78 is 33.2. The van der Waals surface area contributed by atoms with Crippen molar-refractivity contribution in [3.63, 3.8) is 0 Å². The standard InChI is InChI=1S/C23H32N4O4S/c1-14(2)20(23-25-21(26-31-23)17-6-7-17)24-22(28)18-9-11-27(12-10-18)32(29,30)19-8-5-15(3)13-16(19)4/h5,8,13-14,17-18,20H,6-7,9-12H2,1-4H3,(H,24,28). The van der Waals surface area contributed by atoms with E-state index in [0.717, 1.165) is 29.8 Å². The summed E-state index contributed by atoms with van der Waals surface area (Å²) in [5.41, 5.74) is 1.77. The molecule has 174 valence electrons. The van der Waals surface area contributed by atoms with Gasteiger partial charge in [0.15, 0.2) is 5.82 Å². The lowest BCUT2D eigenvalue weighted by molar-refractivity contribution is -0.127. The lowest BCUT2D eigenvalue weighted by atomic mass is 9.95. The number of nitrogens with one attached hydrogen (secondary N) is 1. The molecule has 1 aromatic heterocycles. The molecule has 0 spiro atoms. The molecule has 0 radical (unpaired) electrons. The molecule has 1 aliphatic carbocycles. The number of carbonyl (C=O) groups is 1. The average Bonchev–Trinajstić information content (AvgIpc) is 3.48. The normalized spacial score (nSPS) is 19.3. The number of aromatic nitrogens is 2. The zero-order valence-corrected chi connectivity index (χ0v) is 20.0. The van der Waals surface area contributed by atoms with E-state index in [1.54, 1.807) is 6.07 Å². The van der Waals surface area contributed by atoms with Crippen LogP contribution in [0.4, 0.5) is 0 Å². The number of amides is 1. The van der Waals surface area contributed by atoms with E-state index in [1.165, 1.54) is 4.31 Å². The number of hydrogen-bond donors (Lipinski definition) is 1. The average molecular weight is 461 g/mol. The third-order valence-electron chi connectivity index (χ3n) is 6.40. The number of nitrogens with zero attached hydrogens (tertiary/aromatic N) is 3. The Morgan fingerprint density at radius 2 is 1.84 bits per heavy atom. The molecule has 1 aliphatic heterocycles. The highest BCUT2D eigenvalue weighted by Gasteiger charge is 2.35. The van der Waals surface area contributed by atoms with Crippen molar-refractivity contribution in [1.29, 1.82) is 0 Å². The molecule has 2 fully saturated rings. The molecule has 32 heavy (non-hydrogen) atoms. The van der Waals surface area contributed by atoms with Crippen molar-refractivity contribution >= 4 is 15.9 Å². The maximum Gasteiger partial charge on any atom is 0.249 e. The molecule has 1 aromatic carbocycles. The molecule has 2 aliphatic rings. The summed E-state index contributed by atoms with van der Waals surface area (Å²) >= 11 is 0. The summed E-state index contributed by atoms with van der Waals surface area (Å²) in [5.74, 6) is 1.33. The van der Waals surface area contributed by atoms with E-state index in [1.807, 2.05) is 39.8 Å². The summed E-state index contributed by atoms with van der Waals surface area (Å²) in [6, 6.07) is 5.02. The molecule has 0 bridgehead atoms. The molecule has 1 saturated carbocycles. The van der Waals surface area contributed by atoms with Crippen LogP contribution in [0.1, 0.15) is 74.3 Å². The van der Waals surface area contributed by atoms with Crippen molar-refractivity contribution in [2.24, 2.45) is 11.8 Å². The molecule has 4 rings (SSSR count). The molecular weight excluding hydrogens is 428 g/mol. The van der Waals surface area contributed by atoms with Crippen LogP contribution in [0, 0.1) is 25.7 Å². The molecule has 8 nitrogen and oxygen atoms in total. The third kappa shape index (κ3) is 4.73. The van der Waals surface area contributed by atoms with Crippen molar-refractivity contribution < 1.29 is 17.7 Å². The van der Waals surface area contributed by atoms with Gasteiger partial charge in [-0.2, -0.15) is 9.29 Å². The Kier molecular flexibility index (Phi) is 6.40. The van der Waals surface area contributed by atoms with Gasteiger partial charge in [0.1, 0.15) is 6.04 Å². The number of carbonyl (C=O) groups excluding carboxylic acids is 1. The molecule has 1 atom stereocenters. The fourth-order valence-electron chi connectivity index (χ4n) is 4.25. The Labute approximate surface area is 189 Å². The Bertz CT molecular complexity index is 1080. The zero-order valence-electron chi connectivity index (χ0n) is 19.2. The van der Waals surface area contributed by atoms with Crippen LogP contribution in [-0.2, 0) is 14.8 Å². The van der Waals surface area contributed by atoms with Gasteiger partial charge in [-0.1, -0.05) is 36.7 Å². The van der Waals surface area contributed by atoms with Crippen LogP contribution in [0.25, 0.3) is 0 Å². The predicted octanol–water partition coefficient (Wildman–Crippen LogP) is 3.48. The van der Waals surface area contributed by atoms with Gasteiger partial charge in [0.25, 0.3) is 0 Å². The van der Waals surface area contributed by atoms with Crippen LogP contribution in [-0.4, -0.2) is 41.9 Å². The minimum Gasteiger partial charge on any atom is -0.344 e.